The van der Waals surface area contributed by atoms with E-state index in [1.165, 1.54) is 72.3 Å². The van der Waals surface area contributed by atoms with Crippen LogP contribution in [0.1, 0.15) is 96.8 Å². The molecule has 182 valence electrons. The summed E-state index contributed by atoms with van der Waals surface area (Å²) in [6.07, 6.45) is 7.47. The summed E-state index contributed by atoms with van der Waals surface area (Å²) >= 11 is 0. The number of benzene rings is 3. The van der Waals surface area contributed by atoms with Gasteiger partial charge in [0.1, 0.15) is 0 Å². The van der Waals surface area contributed by atoms with Crippen LogP contribution < -0.4 is 4.90 Å². The minimum Gasteiger partial charge on any atom is -0.311 e. The van der Waals surface area contributed by atoms with E-state index in [9.17, 15) is 0 Å². The molecule has 1 nitrogen and oxygen atoms in total. The van der Waals surface area contributed by atoms with Crippen LogP contribution >= 0.6 is 0 Å². The van der Waals surface area contributed by atoms with Gasteiger partial charge >= 0.3 is 0 Å². The molecule has 0 radical (unpaired) electrons. The first-order valence-corrected chi connectivity index (χ1v) is 13.3. The molecule has 0 unspecified atom stereocenters. The minimum atomic E-state index is 0.203. The van der Waals surface area contributed by atoms with E-state index in [2.05, 4.69) is 126 Å². The lowest BCUT2D eigenvalue weighted by molar-refractivity contribution is 0.458. The summed E-state index contributed by atoms with van der Waals surface area (Å²) in [6.45, 7) is 16.2. The lowest BCUT2D eigenvalue weighted by Gasteiger charge is -2.30. The molecule has 0 saturated heterocycles. The highest BCUT2D eigenvalue weighted by atomic mass is 15.1. The van der Waals surface area contributed by atoms with Gasteiger partial charge in [-0.1, -0.05) is 109 Å². The standard InChI is InChI=1S/C33H45N/c1-8-10-24-32(4,5)27-14-20-30(21-15-27)34(29-18-12-26(3)13-19-29)31-22-16-28(17-23-31)33(6,7)25-11-9-2/h12-23H,8-11,24-25H2,1-7H3. The van der Waals surface area contributed by atoms with Crippen LogP contribution in [0.15, 0.2) is 72.8 Å². The Labute approximate surface area is 209 Å². The Hall–Kier alpha value is -2.54. The zero-order valence-electron chi connectivity index (χ0n) is 22.6. The number of aryl methyl sites for hydroxylation is 1. The van der Waals surface area contributed by atoms with Gasteiger partial charge in [-0.3, -0.25) is 0 Å². The van der Waals surface area contributed by atoms with E-state index in [-0.39, 0.29) is 10.8 Å². The smallest absolute Gasteiger partial charge is 0.0461 e. The molecule has 0 bridgehead atoms. The zero-order chi connectivity index (χ0) is 24.8. The Morgan fingerprint density at radius 2 is 0.853 bits per heavy atom. The Balaban J connectivity index is 1.96. The van der Waals surface area contributed by atoms with Crippen molar-refractivity contribution in [1.29, 1.82) is 0 Å². The maximum absolute atomic E-state index is 2.38. The lowest BCUT2D eigenvalue weighted by Crippen LogP contribution is -2.18. The largest absolute Gasteiger partial charge is 0.311 e. The quantitative estimate of drug-likeness (QED) is 0.278. The van der Waals surface area contributed by atoms with Crippen molar-refractivity contribution in [2.24, 2.45) is 0 Å². The molecular formula is C33H45N. The van der Waals surface area contributed by atoms with Crippen molar-refractivity contribution in [3.05, 3.63) is 89.5 Å². The van der Waals surface area contributed by atoms with E-state index < -0.39 is 0 Å². The van der Waals surface area contributed by atoms with Crippen LogP contribution in [0, 0.1) is 6.92 Å². The van der Waals surface area contributed by atoms with Crippen molar-refractivity contribution in [3.8, 4) is 0 Å². The van der Waals surface area contributed by atoms with Gasteiger partial charge in [-0.2, -0.15) is 0 Å². The summed E-state index contributed by atoms with van der Waals surface area (Å²) in [4.78, 5) is 2.38. The van der Waals surface area contributed by atoms with Crippen LogP contribution in [0.3, 0.4) is 0 Å². The third-order valence-electron chi connectivity index (χ3n) is 7.42. The van der Waals surface area contributed by atoms with Gasteiger partial charge in [-0.25, -0.2) is 0 Å². The summed E-state index contributed by atoms with van der Waals surface area (Å²) in [5.41, 5.74) is 8.13. The van der Waals surface area contributed by atoms with Crippen molar-refractivity contribution in [2.45, 2.75) is 97.8 Å². The summed E-state index contributed by atoms with van der Waals surface area (Å²) in [5.74, 6) is 0. The fourth-order valence-corrected chi connectivity index (χ4v) is 4.79. The molecule has 0 saturated carbocycles. The van der Waals surface area contributed by atoms with Crippen molar-refractivity contribution in [1.82, 2.24) is 0 Å². The van der Waals surface area contributed by atoms with E-state index in [1.54, 1.807) is 0 Å². The first kappa shape index (κ1) is 26.1. The Morgan fingerprint density at radius 1 is 0.529 bits per heavy atom. The summed E-state index contributed by atoms with van der Waals surface area (Å²) < 4.78 is 0. The lowest BCUT2D eigenvalue weighted by atomic mass is 9.80. The van der Waals surface area contributed by atoms with E-state index in [4.69, 9.17) is 0 Å². The van der Waals surface area contributed by atoms with Crippen LogP contribution in [-0.4, -0.2) is 0 Å². The molecule has 3 rings (SSSR count). The van der Waals surface area contributed by atoms with Crippen LogP contribution in [0.25, 0.3) is 0 Å². The molecule has 0 N–H and O–H groups in total. The highest BCUT2D eigenvalue weighted by Gasteiger charge is 2.22. The van der Waals surface area contributed by atoms with E-state index in [0.29, 0.717) is 0 Å². The van der Waals surface area contributed by atoms with Gasteiger partial charge in [0, 0.05) is 17.1 Å². The Kier molecular flexibility index (Phi) is 8.63. The minimum absolute atomic E-state index is 0.203. The Bertz CT molecular complexity index is 944. The number of hydrogen-bond acceptors (Lipinski definition) is 1. The average Bonchev–Trinajstić information content (AvgIpc) is 2.83. The van der Waals surface area contributed by atoms with Crippen LogP contribution in [0.4, 0.5) is 17.1 Å². The molecule has 0 aromatic heterocycles. The molecule has 1 heteroatoms. The third kappa shape index (κ3) is 6.32. The van der Waals surface area contributed by atoms with Crippen molar-refractivity contribution in [2.75, 3.05) is 4.90 Å². The van der Waals surface area contributed by atoms with Crippen molar-refractivity contribution in [3.63, 3.8) is 0 Å². The Morgan fingerprint density at radius 3 is 1.18 bits per heavy atom. The highest BCUT2D eigenvalue weighted by Crippen LogP contribution is 2.38. The predicted molar refractivity (Wildman–Crippen MR) is 151 cm³/mol. The fraction of sp³-hybridized carbons (Fsp3) is 0.455. The van der Waals surface area contributed by atoms with Gasteiger partial charge in [0.05, 0.1) is 0 Å². The third-order valence-corrected chi connectivity index (χ3v) is 7.42. The zero-order valence-corrected chi connectivity index (χ0v) is 22.6. The maximum Gasteiger partial charge on any atom is 0.0461 e. The molecule has 3 aromatic rings. The molecule has 0 spiro atoms. The summed E-state index contributed by atoms with van der Waals surface area (Å²) in [5, 5.41) is 0. The molecule has 0 heterocycles. The first-order valence-electron chi connectivity index (χ1n) is 13.3. The summed E-state index contributed by atoms with van der Waals surface area (Å²) in [6, 6.07) is 27.3. The van der Waals surface area contributed by atoms with Gasteiger partial charge in [0.25, 0.3) is 0 Å². The second-order valence-corrected chi connectivity index (χ2v) is 11.2. The second-order valence-electron chi connectivity index (χ2n) is 11.2. The highest BCUT2D eigenvalue weighted by molar-refractivity contribution is 5.76. The molecule has 0 atom stereocenters. The van der Waals surface area contributed by atoms with Gasteiger partial charge in [0.2, 0.25) is 0 Å². The predicted octanol–water partition coefficient (Wildman–Crippen LogP) is 10.4. The molecule has 0 aliphatic carbocycles. The van der Waals surface area contributed by atoms with Gasteiger partial charge in [0.15, 0.2) is 0 Å². The molecule has 3 aromatic carbocycles. The van der Waals surface area contributed by atoms with Gasteiger partial charge < -0.3 is 4.90 Å². The second kappa shape index (κ2) is 11.3. The maximum atomic E-state index is 2.38. The fourth-order valence-electron chi connectivity index (χ4n) is 4.79. The van der Waals surface area contributed by atoms with Gasteiger partial charge in [-0.05, 0) is 78.1 Å². The first-order chi connectivity index (χ1) is 16.2. The van der Waals surface area contributed by atoms with Crippen LogP contribution in [-0.2, 0) is 10.8 Å². The number of rotatable bonds is 11. The average molecular weight is 456 g/mol. The SMILES string of the molecule is CCCCC(C)(C)c1ccc(N(c2ccc(C)cc2)c2ccc(C(C)(C)CCCC)cc2)cc1. The number of unbranched alkanes of at least 4 members (excludes halogenated alkanes) is 2. The topological polar surface area (TPSA) is 3.24 Å². The van der Waals surface area contributed by atoms with Crippen LogP contribution in [0.2, 0.25) is 0 Å². The van der Waals surface area contributed by atoms with Crippen molar-refractivity contribution < 1.29 is 0 Å². The van der Waals surface area contributed by atoms with E-state index in [0.717, 1.165) is 0 Å². The summed E-state index contributed by atoms with van der Waals surface area (Å²) in [7, 11) is 0. The van der Waals surface area contributed by atoms with Gasteiger partial charge in [-0.15, -0.1) is 0 Å². The molecule has 34 heavy (non-hydrogen) atoms. The number of anilines is 3. The van der Waals surface area contributed by atoms with Crippen molar-refractivity contribution >= 4 is 17.1 Å². The molecule has 0 aliphatic rings. The van der Waals surface area contributed by atoms with Crippen LogP contribution in [0.5, 0.6) is 0 Å². The molecular weight excluding hydrogens is 410 g/mol. The number of hydrogen-bond donors (Lipinski definition) is 0. The molecule has 0 aliphatic heterocycles. The molecule has 0 fully saturated rings. The monoisotopic (exact) mass is 455 g/mol. The van der Waals surface area contributed by atoms with E-state index in [1.807, 2.05) is 0 Å². The molecule has 0 amide bonds. The normalized spacial score (nSPS) is 12.1. The number of nitrogens with zero attached hydrogens (tertiary/aromatic N) is 1. The van der Waals surface area contributed by atoms with E-state index >= 15 is 0 Å².